The third-order valence-corrected chi connectivity index (χ3v) is 4.45. The van der Waals surface area contributed by atoms with Crippen LogP contribution in [0.2, 0.25) is 0 Å². The van der Waals surface area contributed by atoms with Gasteiger partial charge in [0.05, 0.1) is 11.4 Å². The van der Waals surface area contributed by atoms with Gasteiger partial charge in [0.1, 0.15) is 5.76 Å². The fourth-order valence-corrected chi connectivity index (χ4v) is 3.25. The number of hydrogen-bond donors (Lipinski definition) is 0. The number of imidazole rings is 1. The van der Waals surface area contributed by atoms with Crippen LogP contribution in [-0.4, -0.2) is 14.7 Å². The minimum absolute atomic E-state index is 0.467. The zero-order valence-electron chi connectivity index (χ0n) is 13.0. The van der Waals surface area contributed by atoms with Crippen LogP contribution in [0.25, 0.3) is 5.69 Å². The van der Waals surface area contributed by atoms with E-state index in [4.69, 9.17) is 4.52 Å². The van der Waals surface area contributed by atoms with Crippen molar-refractivity contribution >= 4 is 11.8 Å². The molecular weight excluding hydrogens is 294 g/mol. The van der Waals surface area contributed by atoms with Gasteiger partial charge in [-0.25, -0.2) is 4.98 Å². The molecular formula is C17H19N3OS. The first-order chi connectivity index (χ1) is 10.6. The molecule has 0 amide bonds. The van der Waals surface area contributed by atoms with Gasteiger partial charge in [-0.2, -0.15) is 0 Å². The van der Waals surface area contributed by atoms with Gasteiger partial charge < -0.3 is 4.52 Å². The van der Waals surface area contributed by atoms with Crippen LogP contribution in [0.5, 0.6) is 0 Å². The summed E-state index contributed by atoms with van der Waals surface area (Å²) in [6.45, 7) is 6.32. The lowest BCUT2D eigenvalue weighted by molar-refractivity contribution is 0.393. The van der Waals surface area contributed by atoms with Crippen molar-refractivity contribution < 1.29 is 4.52 Å². The Bertz CT molecular complexity index is 761. The van der Waals surface area contributed by atoms with Crippen LogP contribution in [-0.2, 0) is 5.75 Å². The third kappa shape index (κ3) is 3.09. The summed E-state index contributed by atoms with van der Waals surface area (Å²) in [6, 6.07) is 10.4. The first-order valence-corrected chi connectivity index (χ1v) is 8.31. The average molecular weight is 313 g/mol. The molecule has 0 aliphatic carbocycles. The van der Waals surface area contributed by atoms with Gasteiger partial charge in [0, 0.05) is 24.2 Å². The van der Waals surface area contributed by atoms with Gasteiger partial charge >= 0.3 is 0 Å². The van der Waals surface area contributed by atoms with Crippen LogP contribution >= 0.6 is 11.8 Å². The van der Waals surface area contributed by atoms with Gasteiger partial charge in [0.2, 0.25) is 0 Å². The molecule has 3 rings (SSSR count). The van der Waals surface area contributed by atoms with E-state index < -0.39 is 0 Å². The summed E-state index contributed by atoms with van der Waals surface area (Å²) < 4.78 is 7.26. The van der Waals surface area contributed by atoms with Crippen LogP contribution in [0.1, 0.15) is 36.8 Å². The maximum Gasteiger partial charge on any atom is 0.172 e. The predicted molar refractivity (Wildman–Crippen MR) is 88.5 cm³/mol. The lowest BCUT2D eigenvalue weighted by Gasteiger charge is -2.15. The van der Waals surface area contributed by atoms with Crippen molar-refractivity contribution in [2.75, 3.05) is 0 Å². The van der Waals surface area contributed by atoms with E-state index in [1.165, 1.54) is 11.3 Å². The molecule has 0 spiro atoms. The number of thioether (sulfide) groups is 1. The Kier molecular flexibility index (Phi) is 4.34. The molecule has 0 saturated heterocycles. The standard InChI is InChI=1S/C17H19N3OS/c1-12(2)15-6-4-5-7-16(15)20-9-8-18-17(20)22-11-14-10-13(3)21-19-14/h4-10,12H,11H2,1-3H3. The van der Waals surface area contributed by atoms with Crippen molar-refractivity contribution in [2.45, 2.75) is 37.6 Å². The second kappa shape index (κ2) is 6.40. The van der Waals surface area contributed by atoms with Crippen molar-refractivity contribution in [1.82, 2.24) is 14.7 Å². The Morgan fingerprint density at radius 1 is 1.27 bits per heavy atom. The van der Waals surface area contributed by atoms with Gasteiger partial charge in [0.25, 0.3) is 0 Å². The summed E-state index contributed by atoms with van der Waals surface area (Å²) in [7, 11) is 0. The molecule has 22 heavy (non-hydrogen) atoms. The van der Waals surface area contributed by atoms with E-state index in [9.17, 15) is 0 Å². The highest BCUT2D eigenvalue weighted by Crippen LogP contribution is 2.28. The molecule has 0 unspecified atom stereocenters. The van der Waals surface area contributed by atoms with Gasteiger partial charge in [-0.1, -0.05) is 49.0 Å². The molecule has 0 saturated carbocycles. The maximum absolute atomic E-state index is 5.11. The minimum Gasteiger partial charge on any atom is -0.361 e. The highest BCUT2D eigenvalue weighted by Gasteiger charge is 2.12. The quantitative estimate of drug-likeness (QED) is 0.646. The molecule has 1 aromatic carbocycles. The van der Waals surface area contributed by atoms with Crippen molar-refractivity contribution in [3.8, 4) is 5.69 Å². The summed E-state index contributed by atoms with van der Waals surface area (Å²) in [4.78, 5) is 4.48. The van der Waals surface area contributed by atoms with Crippen molar-refractivity contribution in [3.05, 3.63) is 59.7 Å². The molecule has 0 radical (unpaired) electrons. The zero-order valence-corrected chi connectivity index (χ0v) is 13.8. The lowest BCUT2D eigenvalue weighted by Crippen LogP contribution is -2.01. The molecule has 5 heteroatoms. The summed E-state index contributed by atoms with van der Waals surface area (Å²) in [5.74, 6) is 2.05. The highest BCUT2D eigenvalue weighted by atomic mass is 32.2. The van der Waals surface area contributed by atoms with E-state index >= 15 is 0 Å². The Balaban J connectivity index is 1.86. The second-order valence-electron chi connectivity index (χ2n) is 5.51. The Hall–Kier alpha value is -2.01. The molecule has 0 N–H and O–H groups in total. The molecule has 3 aromatic rings. The topological polar surface area (TPSA) is 43.9 Å². The van der Waals surface area contributed by atoms with Crippen LogP contribution in [0.4, 0.5) is 0 Å². The normalized spacial score (nSPS) is 11.3. The SMILES string of the molecule is Cc1cc(CSc2nccn2-c2ccccc2C(C)C)no1. The first kappa shape index (κ1) is 14.9. The smallest absolute Gasteiger partial charge is 0.172 e. The van der Waals surface area contributed by atoms with E-state index in [1.54, 1.807) is 11.8 Å². The highest BCUT2D eigenvalue weighted by molar-refractivity contribution is 7.98. The summed E-state index contributed by atoms with van der Waals surface area (Å²) in [5, 5.41) is 5.00. The first-order valence-electron chi connectivity index (χ1n) is 7.33. The molecule has 2 heterocycles. The lowest BCUT2D eigenvalue weighted by atomic mass is 10.0. The fourth-order valence-electron chi connectivity index (χ4n) is 2.40. The number of hydrogen-bond acceptors (Lipinski definition) is 4. The molecule has 114 valence electrons. The van der Waals surface area contributed by atoms with Crippen molar-refractivity contribution in [1.29, 1.82) is 0 Å². The van der Waals surface area contributed by atoms with Gasteiger partial charge in [-0.15, -0.1) is 0 Å². The second-order valence-corrected chi connectivity index (χ2v) is 6.45. The summed E-state index contributed by atoms with van der Waals surface area (Å²) in [5.41, 5.74) is 3.45. The number of nitrogens with zero attached hydrogens (tertiary/aromatic N) is 3. The monoisotopic (exact) mass is 313 g/mol. The van der Waals surface area contributed by atoms with Gasteiger partial charge in [-0.3, -0.25) is 4.57 Å². The number of aryl methyl sites for hydroxylation is 1. The maximum atomic E-state index is 5.11. The third-order valence-electron chi connectivity index (χ3n) is 3.45. The van der Waals surface area contributed by atoms with Gasteiger partial charge in [-0.05, 0) is 24.5 Å². The summed E-state index contributed by atoms with van der Waals surface area (Å²) in [6.07, 6.45) is 3.85. The number of aromatic nitrogens is 3. The average Bonchev–Trinajstić information content (AvgIpc) is 3.13. The van der Waals surface area contributed by atoms with E-state index in [0.717, 1.165) is 22.4 Å². The van der Waals surface area contributed by atoms with Crippen molar-refractivity contribution in [2.24, 2.45) is 0 Å². The van der Waals surface area contributed by atoms with E-state index in [1.807, 2.05) is 25.4 Å². The molecule has 0 aliphatic heterocycles. The van der Waals surface area contributed by atoms with Crippen LogP contribution in [0.15, 0.2) is 52.4 Å². The molecule has 0 atom stereocenters. The Labute approximate surface area is 134 Å². The van der Waals surface area contributed by atoms with E-state index in [2.05, 4.69) is 52.8 Å². The van der Waals surface area contributed by atoms with E-state index in [-0.39, 0.29) is 0 Å². The molecule has 0 bridgehead atoms. The number of para-hydroxylation sites is 1. The number of benzene rings is 1. The fraction of sp³-hybridized carbons (Fsp3) is 0.294. The van der Waals surface area contributed by atoms with Crippen molar-refractivity contribution in [3.63, 3.8) is 0 Å². The zero-order chi connectivity index (χ0) is 15.5. The predicted octanol–water partition coefficient (Wildman–Crippen LogP) is 4.58. The molecule has 4 nitrogen and oxygen atoms in total. The molecule has 0 aliphatic rings. The van der Waals surface area contributed by atoms with Crippen LogP contribution in [0.3, 0.4) is 0 Å². The minimum atomic E-state index is 0.467. The number of rotatable bonds is 5. The van der Waals surface area contributed by atoms with Gasteiger partial charge in [0.15, 0.2) is 5.16 Å². The largest absolute Gasteiger partial charge is 0.361 e. The molecule has 0 fully saturated rings. The summed E-state index contributed by atoms with van der Waals surface area (Å²) >= 11 is 1.66. The van der Waals surface area contributed by atoms with E-state index in [0.29, 0.717) is 5.92 Å². The Morgan fingerprint density at radius 2 is 2.09 bits per heavy atom. The Morgan fingerprint density at radius 3 is 2.82 bits per heavy atom. The van der Waals surface area contributed by atoms with Crippen LogP contribution < -0.4 is 0 Å². The van der Waals surface area contributed by atoms with Crippen LogP contribution in [0, 0.1) is 6.92 Å². The molecule has 2 aromatic heterocycles.